The zero-order valence-electron chi connectivity index (χ0n) is 14.9. The molecule has 0 aliphatic carbocycles. The molecule has 138 valence electrons. The summed E-state index contributed by atoms with van der Waals surface area (Å²) >= 11 is 0. The van der Waals surface area contributed by atoms with Crippen LogP contribution in [-0.2, 0) is 9.84 Å². The minimum Gasteiger partial charge on any atom is -0.264 e. The first-order valence-corrected chi connectivity index (χ1v) is 9.87. The van der Waals surface area contributed by atoms with Crippen LogP contribution in [0.1, 0.15) is 19.4 Å². The molecule has 0 atom stereocenters. The van der Waals surface area contributed by atoms with Crippen molar-refractivity contribution in [3.8, 4) is 11.1 Å². The van der Waals surface area contributed by atoms with E-state index < -0.39 is 15.1 Å². The van der Waals surface area contributed by atoms with Gasteiger partial charge in [0.15, 0.2) is 9.84 Å². The van der Waals surface area contributed by atoms with Crippen LogP contribution < -0.4 is 5.43 Å². The highest BCUT2D eigenvalue weighted by Gasteiger charge is 2.23. The Bertz CT molecular complexity index is 1030. The fourth-order valence-corrected chi connectivity index (χ4v) is 3.62. The second kappa shape index (κ2) is 8.05. The topological polar surface area (TPSA) is 97.2 Å². The van der Waals surface area contributed by atoms with Crippen molar-refractivity contribution in [2.45, 2.75) is 24.0 Å². The van der Waals surface area contributed by atoms with Gasteiger partial charge in [-0.05, 0) is 26.0 Å². The fourth-order valence-electron chi connectivity index (χ4n) is 2.35. The first-order valence-electron chi connectivity index (χ1n) is 8.33. The number of pyridine rings is 1. The van der Waals surface area contributed by atoms with E-state index in [1.54, 1.807) is 69.1 Å². The van der Waals surface area contributed by atoms with E-state index in [2.05, 4.69) is 25.5 Å². The SMILES string of the molecule is CC(C)S(=O)(=O)c1ccccc1-c1cnc(N/N=C/c2cccnc2)nc1. The lowest BCUT2D eigenvalue weighted by molar-refractivity contribution is 0.587. The number of sulfone groups is 1. The van der Waals surface area contributed by atoms with Crippen LogP contribution in [0.3, 0.4) is 0 Å². The lowest BCUT2D eigenvalue weighted by Crippen LogP contribution is -2.15. The summed E-state index contributed by atoms with van der Waals surface area (Å²) in [6, 6.07) is 10.5. The summed E-state index contributed by atoms with van der Waals surface area (Å²) in [5.74, 6) is 0.308. The standard InChI is InChI=1S/C19H19N5O2S/c1-14(2)27(25,26)18-8-4-3-7-17(18)16-12-21-19(22-13-16)24-23-11-15-6-5-9-20-10-15/h3-14H,1-2H3,(H,21,22,24)/b23-11+. The van der Waals surface area contributed by atoms with Crippen LogP contribution >= 0.6 is 0 Å². The number of benzene rings is 1. The third-order valence-corrected chi connectivity index (χ3v) is 6.05. The summed E-state index contributed by atoms with van der Waals surface area (Å²) in [6.07, 6.45) is 8.12. The second-order valence-electron chi connectivity index (χ2n) is 6.04. The molecule has 0 fully saturated rings. The number of anilines is 1. The van der Waals surface area contributed by atoms with Gasteiger partial charge in [-0.15, -0.1) is 0 Å². The Labute approximate surface area is 158 Å². The van der Waals surface area contributed by atoms with Crippen LogP contribution in [0.5, 0.6) is 0 Å². The van der Waals surface area contributed by atoms with Crippen molar-refractivity contribution in [3.63, 3.8) is 0 Å². The van der Waals surface area contributed by atoms with Crippen LogP contribution in [0.15, 0.2) is 71.2 Å². The molecule has 2 aromatic heterocycles. The predicted molar refractivity (Wildman–Crippen MR) is 105 cm³/mol. The van der Waals surface area contributed by atoms with Crippen molar-refractivity contribution in [3.05, 3.63) is 66.7 Å². The Morgan fingerprint density at radius 3 is 2.44 bits per heavy atom. The number of hydrazone groups is 1. The van der Waals surface area contributed by atoms with E-state index in [1.807, 2.05) is 12.1 Å². The van der Waals surface area contributed by atoms with Gasteiger partial charge in [0.2, 0.25) is 5.95 Å². The number of nitrogens with zero attached hydrogens (tertiary/aromatic N) is 4. The van der Waals surface area contributed by atoms with E-state index in [-0.39, 0.29) is 4.90 Å². The smallest absolute Gasteiger partial charge is 0.243 e. The lowest BCUT2D eigenvalue weighted by Gasteiger charge is -2.12. The van der Waals surface area contributed by atoms with Crippen LogP contribution in [-0.4, -0.2) is 34.8 Å². The molecule has 0 unspecified atom stereocenters. The number of nitrogens with one attached hydrogen (secondary N) is 1. The van der Waals surface area contributed by atoms with E-state index in [0.717, 1.165) is 5.56 Å². The maximum absolute atomic E-state index is 12.6. The zero-order chi connectivity index (χ0) is 19.3. The highest BCUT2D eigenvalue weighted by atomic mass is 32.2. The molecule has 0 aliphatic rings. The van der Waals surface area contributed by atoms with Gasteiger partial charge in [0, 0.05) is 41.5 Å². The van der Waals surface area contributed by atoms with Gasteiger partial charge in [0.1, 0.15) is 0 Å². The molecule has 0 saturated carbocycles. The highest BCUT2D eigenvalue weighted by molar-refractivity contribution is 7.92. The van der Waals surface area contributed by atoms with E-state index >= 15 is 0 Å². The van der Waals surface area contributed by atoms with Crippen molar-refractivity contribution >= 4 is 22.0 Å². The fraction of sp³-hybridized carbons (Fsp3) is 0.158. The molecule has 2 heterocycles. The number of rotatable bonds is 6. The molecular formula is C19H19N5O2S. The summed E-state index contributed by atoms with van der Waals surface area (Å²) < 4.78 is 25.2. The van der Waals surface area contributed by atoms with Crippen molar-refractivity contribution in [2.75, 3.05) is 5.43 Å². The largest absolute Gasteiger partial charge is 0.264 e. The minimum atomic E-state index is -3.41. The Morgan fingerprint density at radius 1 is 1.04 bits per heavy atom. The molecular weight excluding hydrogens is 362 g/mol. The quantitative estimate of drug-likeness (QED) is 0.520. The highest BCUT2D eigenvalue weighted by Crippen LogP contribution is 2.29. The van der Waals surface area contributed by atoms with Gasteiger partial charge in [-0.2, -0.15) is 5.10 Å². The first-order chi connectivity index (χ1) is 13.0. The third kappa shape index (κ3) is 4.35. The molecule has 0 bridgehead atoms. The Hall–Kier alpha value is -3.13. The molecule has 1 N–H and O–H groups in total. The first kappa shape index (κ1) is 18.7. The summed E-state index contributed by atoms with van der Waals surface area (Å²) in [6.45, 7) is 3.33. The van der Waals surface area contributed by atoms with Gasteiger partial charge in [0.25, 0.3) is 0 Å². The van der Waals surface area contributed by atoms with Crippen molar-refractivity contribution in [2.24, 2.45) is 5.10 Å². The Morgan fingerprint density at radius 2 is 1.78 bits per heavy atom. The molecule has 3 rings (SSSR count). The minimum absolute atomic E-state index is 0.277. The average Bonchev–Trinajstić information content (AvgIpc) is 2.69. The van der Waals surface area contributed by atoms with Crippen LogP contribution in [0.4, 0.5) is 5.95 Å². The number of hydrogen-bond donors (Lipinski definition) is 1. The maximum atomic E-state index is 12.6. The maximum Gasteiger partial charge on any atom is 0.243 e. The summed E-state index contributed by atoms with van der Waals surface area (Å²) in [7, 11) is -3.41. The van der Waals surface area contributed by atoms with Crippen molar-refractivity contribution in [1.29, 1.82) is 0 Å². The number of hydrogen-bond acceptors (Lipinski definition) is 7. The molecule has 7 nitrogen and oxygen atoms in total. The summed E-state index contributed by atoms with van der Waals surface area (Å²) in [5, 5.41) is 3.55. The van der Waals surface area contributed by atoms with Gasteiger partial charge in [-0.1, -0.05) is 24.3 Å². The van der Waals surface area contributed by atoms with E-state index in [9.17, 15) is 8.42 Å². The molecule has 0 amide bonds. The third-order valence-electron chi connectivity index (χ3n) is 3.84. The van der Waals surface area contributed by atoms with E-state index in [4.69, 9.17) is 0 Å². The Kier molecular flexibility index (Phi) is 5.56. The molecule has 27 heavy (non-hydrogen) atoms. The lowest BCUT2D eigenvalue weighted by atomic mass is 10.1. The van der Waals surface area contributed by atoms with Gasteiger partial charge in [0.05, 0.1) is 16.4 Å². The van der Waals surface area contributed by atoms with Gasteiger partial charge in [-0.3, -0.25) is 4.98 Å². The predicted octanol–water partition coefficient (Wildman–Crippen LogP) is 3.17. The van der Waals surface area contributed by atoms with E-state index in [0.29, 0.717) is 17.1 Å². The van der Waals surface area contributed by atoms with Gasteiger partial charge < -0.3 is 0 Å². The van der Waals surface area contributed by atoms with Crippen LogP contribution in [0, 0.1) is 0 Å². The van der Waals surface area contributed by atoms with Gasteiger partial charge >= 0.3 is 0 Å². The van der Waals surface area contributed by atoms with Gasteiger partial charge in [-0.25, -0.2) is 23.8 Å². The molecule has 0 radical (unpaired) electrons. The average molecular weight is 381 g/mol. The summed E-state index contributed by atoms with van der Waals surface area (Å²) in [4.78, 5) is 12.7. The van der Waals surface area contributed by atoms with Crippen LogP contribution in [0.2, 0.25) is 0 Å². The molecule has 3 aromatic rings. The van der Waals surface area contributed by atoms with Crippen molar-refractivity contribution in [1.82, 2.24) is 15.0 Å². The summed E-state index contributed by atoms with van der Waals surface area (Å²) in [5.41, 5.74) is 4.78. The normalized spacial score (nSPS) is 11.8. The molecule has 8 heteroatoms. The molecule has 1 aromatic carbocycles. The zero-order valence-corrected chi connectivity index (χ0v) is 15.8. The van der Waals surface area contributed by atoms with Crippen molar-refractivity contribution < 1.29 is 8.42 Å². The molecule has 0 spiro atoms. The molecule has 0 aliphatic heterocycles. The molecule has 0 saturated heterocycles. The van der Waals surface area contributed by atoms with Crippen LogP contribution in [0.25, 0.3) is 11.1 Å². The van der Waals surface area contributed by atoms with E-state index in [1.165, 1.54) is 0 Å². The number of aromatic nitrogens is 3. The monoisotopic (exact) mass is 381 g/mol. The Balaban J connectivity index is 1.82. The second-order valence-corrected chi connectivity index (χ2v) is 8.51.